The highest BCUT2D eigenvalue weighted by Gasteiger charge is 2.09. The van der Waals surface area contributed by atoms with E-state index in [0.717, 1.165) is 11.5 Å². The summed E-state index contributed by atoms with van der Waals surface area (Å²) in [5.41, 5.74) is 0.912. The van der Waals surface area contributed by atoms with Crippen molar-refractivity contribution in [1.29, 1.82) is 0 Å². The van der Waals surface area contributed by atoms with Gasteiger partial charge in [-0.05, 0) is 20.9 Å². The van der Waals surface area contributed by atoms with E-state index in [4.69, 9.17) is 4.52 Å². The van der Waals surface area contributed by atoms with E-state index in [2.05, 4.69) is 10.5 Å². The molecule has 66 valence electrons. The van der Waals surface area contributed by atoms with Gasteiger partial charge >= 0.3 is 0 Å². The first kappa shape index (κ1) is 9.00. The number of nitrogens with one attached hydrogen (secondary N) is 1. The zero-order chi connectivity index (χ0) is 8.97. The molecule has 1 heterocycles. The predicted molar refractivity (Wildman–Crippen MR) is 47.9 cm³/mol. The van der Waals surface area contributed by atoms with Crippen molar-refractivity contribution in [2.75, 3.05) is 7.05 Å². The molecule has 3 nitrogen and oxygen atoms in total. The third kappa shape index (κ3) is 1.95. The van der Waals surface area contributed by atoms with Gasteiger partial charge in [0.1, 0.15) is 0 Å². The Kier molecular flexibility index (Phi) is 3.05. The highest BCUT2D eigenvalue weighted by Crippen LogP contribution is 2.14. The first-order chi connectivity index (χ1) is 5.77. The lowest BCUT2D eigenvalue weighted by molar-refractivity contribution is 0.360. The van der Waals surface area contributed by atoms with Crippen LogP contribution in [0.3, 0.4) is 0 Å². The van der Waals surface area contributed by atoms with Gasteiger partial charge in [0.25, 0.3) is 0 Å². The summed E-state index contributed by atoms with van der Waals surface area (Å²) in [5.74, 6) is 0.855. The number of allylic oxidation sites excluding steroid dienone is 1. The molecule has 0 aliphatic rings. The van der Waals surface area contributed by atoms with Crippen LogP contribution in [0.25, 0.3) is 0 Å². The molecular formula is C9H14N2O. The minimum absolute atomic E-state index is 0.135. The third-order valence-electron chi connectivity index (χ3n) is 1.65. The van der Waals surface area contributed by atoms with E-state index in [1.165, 1.54) is 0 Å². The standard InChI is InChI=1S/C9H14N2O/c1-4-5-8(10-3)9-6-7(2)11-12-9/h4-6,8,10H,1-3H3/b5-4+. The van der Waals surface area contributed by atoms with Gasteiger partial charge in [0, 0.05) is 6.07 Å². The average Bonchev–Trinajstić information content (AvgIpc) is 2.47. The van der Waals surface area contributed by atoms with Gasteiger partial charge in [-0.25, -0.2) is 0 Å². The minimum Gasteiger partial charge on any atom is -0.359 e. The Balaban J connectivity index is 2.79. The van der Waals surface area contributed by atoms with Crippen LogP contribution in [0.4, 0.5) is 0 Å². The number of hydrogen-bond acceptors (Lipinski definition) is 3. The van der Waals surface area contributed by atoms with E-state index in [1.54, 1.807) is 0 Å². The molecule has 0 radical (unpaired) electrons. The molecule has 1 aromatic rings. The van der Waals surface area contributed by atoms with Crippen LogP contribution in [0.5, 0.6) is 0 Å². The molecule has 0 aliphatic heterocycles. The summed E-state index contributed by atoms with van der Waals surface area (Å²) >= 11 is 0. The summed E-state index contributed by atoms with van der Waals surface area (Å²) in [7, 11) is 1.89. The molecule has 12 heavy (non-hydrogen) atoms. The van der Waals surface area contributed by atoms with Crippen LogP contribution in [0.1, 0.15) is 24.4 Å². The first-order valence-electron chi connectivity index (χ1n) is 4.01. The quantitative estimate of drug-likeness (QED) is 0.696. The second kappa shape index (κ2) is 4.07. The lowest BCUT2D eigenvalue weighted by Gasteiger charge is -2.05. The lowest BCUT2D eigenvalue weighted by atomic mass is 10.2. The molecule has 3 heteroatoms. The van der Waals surface area contributed by atoms with Crippen molar-refractivity contribution in [3.05, 3.63) is 29.7 Å². The van der Waals surface area contributed by atoms with Crippen molar-refractivity contribution in [2.45, 2.75) is 19.9 Å². The number of nitrogens with zero attached hydrogens (tertiary/aromatic N) is 1. The van der Waals surface area contributed by atoms with Crippen LogP contribution in [-0.4, -0.2) is 12.2 Å². The summed E-state index contributed by atoms with van der Waals surface area (Å²) < 4.78 is 5.11. The summed E-state index contributed by atoms with van der Waals surface area (Å²) in [6, 6.07) is 2.07. The minimum atomic E-state index is 0.135. The molecule has 0 amide bonds. The Morgan fingerprint density at radius 3 is 2.83 bits per heavy atom. The molecular weight excluding hydrogens is 152 g/mol. The highest BCUT2D eigenvalue weighted by molar-refractivity contribution is 5.13. The highest BCUT2D eigenvalue weighted by atomic mass is 16.5. The number of aryl methyl sites for hydroxylation is 1. The number of aromatic nitrogens is 1. The maximum Gasteiger partial charge on any atom is 0.157 e. The van der Waals surface area contributed by atoms with Gasteiger partial charge in [0.15, 0.2) is 5.76 Å². The Labute approximate surface area is 72.4 Å². The van der Waals surface area contributed by atoms with Crippen molar-refractivity contribution >= 4 is 0 Å². The molecule has 0 saturated carbocycles. The van der Waals surface area contributed by atoms with Crippen molar-refractivity contribution in [2.24, 2.45) is 0 Å². The van der Waals surface area contributed by atoms with E-state index in [-0.39, 0.29) is 6.04 Å². The number of rotatable bonds is 3. The molecule has 0 saturated heterocycles. The van der Waals surface area contributed by atoms with Crippen LogP contribution in [-0.2, 0) is 0 Å². The normalized spacial score (nSPS) is 13.9. The first-order valence-corrected chi connectivity index (χ1v) is 4.01. The van der Waals surface area contributed by atoms with E-state index in [0.29, 0.717) is 0 Å². The van der Waals surface area contributed by atoms with Gasteiger partial charge in [0.2, 0.25) is 0 Å². The summed E-state index contributed by atoms with van der Waals surface area (Å²) in [4.78, 5) is 0. The van der Waals surface area contributed by atoms with Crippen molar-refractivity contribution in [3.63, 3.8) is 0 Å². The van der Waals surface area contributed by atoms with Gasteiger partial charge in [-0.1, -0.05) is 17.3 Å². The van der Waals surface area contributed by atoms with E-state index >= 15 is 0 Å². The zero-order valence-corrected chi connectivity index (χ0v) is 7.66. The topological polar surface area (TPSA) is 38.1 Å². The summed E-state index contributed by atoms with van der Waals surface area (Å²) in [5, 5.41) is 6.93. The molecule has 0 aromatic carbocycles. The average molecular weight is 166 g/mol. The van der Waals surface area contributed by atoms with Crippen LogP contribution in [0.2, 0.25) is 0 Å². The number of hydrogen-bond donors (Lipinski definition) is 1. The van der Waals surface area contributed by atoms with E-state index < -0.39 is 0 Å². The van der Waals surface area contributed by atoms with E-state index in [1.807, 2.05) is 39.1 Å². The van der Waals surface area contributed by atoms with Gasteiger partial charge in [-0.15, -0.1) is 0 Å². The zero-order valence-electron chi connectivity index (χ0n) is 7.66. The van der Waals surface area contributed by atoms with Gasteiger partial charge in [0.05, 0.1) is 11.7 Å². The summed E-state index contributed by atoms with van der Waals surface area (Å²) in [6.07, 6.45) is 4.01. The van der Waals surface area contributed by atoms with Crippen molar-refractivity contribution in [3.8, 4) is 0 Å². The smallest absolute Gasteiger partial charge is 0.157 e. The molecule has 1 aromatic heterocycles. The SMILES string of the molecule is C/C=C/C(NC)c1cc(C)no1. The molecule has 0 bridgehead atoms. The molecule has 1 N–H and O–H groups in total. The third-order valence-corrected chi connectivity index (χ3v) is 1.65. The molecule has 0 spiro atoms. The molecule has 1 atom stereocenters. The fraction of sp³-hybridized carbons (Fsp3) is 0.444. The Morgan fingerprint density at radius 1 is 1.67 bits per heavy atom. The van der Waals surface area contributed by atoms with Crippen LogP contribution in [0, 0.1) is 6.92 Å². The second-order valence-corrected chi connectivity index (χ2v) is 2.66. The maximum atomic E-state index is 5.11. The van der Waals surface area contributed by atoms with Crippen molar-refractivity contribution in [1.82, 2.24) is 10.5 Å². The lowest BCUT2D eigenvalue weighted by Crippen LogP contribution is -2.12. The van der Waals surface area contributed by atoms with Gasteiger partial charge < -0.3 is 9.84 Å². The molecule has 0 fully saturated rings. The predicted octanol–water partition coefficient (Wildman–Crippen LogP) is 1.82. The molecule has 1 unspecified atom stereocenters. The van der Waals surface area contributed by atoms with Crippen LogP contribution < -0.4 is 5.32 Å². The largest absolute Gasteiger partial charge is 0.359 e. The van der Waals surface area contributed by atoms with Crippen molar-refractivity contribution < 1.29 is 4.52 Å². The monoisotopic (exact) mass is 166 g/mol. The second-order valence-electron chi connectivity index (χ2n) is 2.66. The van der Waals surface area contributed by atoms with Crippen LogP contribution in [0.15, 0.2) is 22.7 Å². The molecule has 1 rings (SSSR count). The van der Waals surface area contributed by atoms with Gasteiger partial charge in [-0.2, -0.15) is 0 Å². The summed E-state index contributed by atoms with van der Waals surface area (Å²) in [6.45, 7) is 3.89. The fourth-order valence-corrected chi connectivity index (χ4v) is 1.06. The van der Waals surface area contributed by atoms with E-state index in [9.17, 15) is 0 Å². The fourth-order valence-electron chi connectivity index (χ4n) is 1.06. The van der Waals surface area contributed by atoms with Crippen LogP contribution >= 0.6 is 0 Å². The number of likely N-dealkylation sites (N-methyl/N-ethyl adjacent to an activating group) is 1. The Hall–Kier alpha value is -1.09. The maximum absolute atomic E-state index is 5.11. The Morgan fingerprint density at radius 2 is 2.42 bits per heavy atom. The molecule has 0 aliphatic carbocycles. The Bertz CT molecular complexity index is 265. The van der Waals surface area contributed by atoms with Gasteiger partial charge in [-0.3, -0.25) is 0 Å².